The Bertz CT molecular complexity index is 1880. The van der Waals surface area contributed by atoms with Gasteiger partial charge in [-0.15, -0.1) is 0 Å². The molecular weight excluding hydrogens is 649 g/mol. The third-order valence-corrected chi connectivity index (χ3v) is 10.5. The number of benzene rings is 3. The maximum atomic E-state index is 12.8. The first-order valence-corrected chi connectivity index (χ1v) is 18.8. The van der Waals surface area contributed by atoms with Gasteiger partial charge in [0, 0.05) is 56.2 Å². The number of para-hydroxylation sites is 1. The van der Waals surface area contributed by atoms with Crippen molar-refractivity contribution >= 4 is 64.7 Å². The lowest BCUT2D eigenvalue weighted by Crippen LogP contribution is -2.46. The van der Waals surface area contributed by atoms with Crippen molar-refractivity contribution in [2.24, 2.45) is 0 Å². The molecule has 13 heteroatoms. The number of anilines is 5. The van der Waals surface area contributed by atoms with Gasteiger partial charge in [-0.05, 0) is 55.1 Å². The first-order chi connectivity index (χ1) is 23.1. The van der Waals surface area contributed by atoms with E-state index in [9.17, 15) is 14.2 Å². The van der Waals surface area contributed by atoms with E-state index in [1.54, 1.807) is 20.4 Å². The molecule has 1 unspecified atom stereocenters. The highest BCUT2D eigenvalue weighted by Crippen LogP contribution is 2.39. The first-order valence-electron chi connectivity index (χ1n) is 15.9. The highest BCUT2D eigenvalue weighted by molar-refractivity contribution is 7.70. The van der Waals surface area contributed by atoms with Crippen LogP contribution in [-0.2, 0) is 20.7 Å². The van der Waals surface area contributed by atoms with Gasteiger partial charge in [0.25, 0.3) is 0 Å². The van der Waals surface area contributed by atoms with E-state index in [4.69, 9.17) is 16.3 Å². The number of nitrogens with one attached hydrogen (secondary N) is 3. The SMILES string of the molecule is COc1cc(N2CCN(Cc3cccc(C4CCC(=O)NC4=O)c3)CC2)ccc1Nc1ncc(Cl)c(Nc2ccccc2P(C)(C)=O)n1. The minimum atomic E-state index is -2.54. The van der Waals surface area contributed by atoms with Gasteiger partial charge in [0.2, 0.25) is 17.8 Å². The average molecular weight is 688 g/mol. The molecule has 6 rings (SSSR count). The zero-order valence-electron chi connectivity index (χ0n) is 27.2. The van der Waals surface area contributed by atoms with Crippen molar-refractivity contribution in [2.45, 2.75) is 25.3 Å². The van der Waals surface area contributed by atoms with Crippen LogP contribution in [0.1, 0.15) is 29.9 Å². The fraction of sp³-hybridized carbons (Fsp3) is 0.314. The summed E-state index contributed by atoms with van der Waals surface area (Å²) in [5.41, 5.74) is 4.56. The molecule has 48 heavy (non-hydrogen) atoms. The normalized spacial score (nSPS) is 17.2. The smallest absolute Gasteiger partial charge is 0.234 e. The van der Waals surface area contributed by atoms with Gasteiger partial charge in [0.1, 0.15) is 17.9 Å². The van der Waals surface area contributed by atoms with Gasteiger partial charge in [-0.25, -0.2) is 4.98 Å². The largest absolute Gasteiger partial charge is 0.494 e. The number of carbonyl (C=O) groups is 2. The lowest BCUT2D eigenvalue weighted by atomic mass is 9.89. The Morgan fingerprint density at radius 1 is 0.979 bits per heavy atom. The third-order valence-electron chi connectivity index (χ3n) is 8.65. The number of halogens is 1. The van der Waals surface area contributed by atoms with E-state index < -0.39 is 7.14 Å². The van der Waals surface area contributed by atoms with Gasteiger partial charge in [0.15, 0.2) is 5.82 Å². The van der Waals surface area contributed by atoms with E-state index in [2.05, 4.69) is 53.9 Å². The summed E-state index contributed by atoms with van der Waals surface area (Å²) >= 11 is 6.44. The van der Waals surface area contributed by atoms with Crippen LogP contribution >= 0.6 is 18.7 Å². The predicted molar refractivity (Wildman–Crippen MR) is 191 cm³/mol. The molecule has 2 amide bonds. The molecule has 0 aliphatic carbocycles. The number of aromatic nitrogens is 2. The van der Waals surface area contributed by atoms with Crippen LogP contribution in [-0.4, -0.2) is 73.3 Å². The summed E-state index contributed by atoms with van der Waals surface area (Å²) in [6.07, 6.45) is 2.44. The number of amides is 2. The Morgan fingerprint density at radius 3 is 2.52 bits per heavy atom. The van der Waals surface area contributed by atoms with Crippen molar-refractivity contribution in [1.82, 2.24) is 20.2 Å². The van der Waals surface area contributed by atoms with E-state index in [0.717, 1.165) is 49.5 Å². The number of piperidine rings is 1. The van der Waals surface area contributed by atoms with Crippen LogP contribution in [0.3, 0.4) is 0 Å². The number of imide groups is 1. The quantitative estimate of drug-likeness (QED) is 0.141. The fourth-order valence-electron chi connectivity index (χ4n) is 6.13. The molecule has 1 atom stereocenters. The molecule has 2 fully saturated rings. The van der Waals surface area contributed by atoms with Crippen molar-refractivity contribution in [3.63, 3.8) is 0 Å². The van der Waals surface area contributed by atoms with E-state index in [-0.39, 0.29) is 17.7 Å². The number of rotatable bonds is 10. The molecule has 3 heterocycles. The van der Waals surface area contributed by atoms with Crippen molar-refractivity contribution in [2.75, 3.05) is 62.2 Å². The van der Waals surface area contributed by atoms with Crippen molar-refractivity contribution in [1.29, 1.82) is 0 Å². The van der Waals surface area contributed by atoms with Gasteiger partial charge in [0.05, 0.1) is 30.6 Å². The van der Waals surface area contributed by atoms with Crippen LogP contribution in [0.25, 0.3) is 0 Å². The highest BCUT2D eigenvalue weighted by Gasteiger charge is 2.28. The van der Waals surface area contributed by atoms with Crippen molar-refractivity contribution in [3.8, 4) is 5.75 Å². The molecule has 0 radical (unpaired) electrons. The predicted octanol–water partition coefficient (Wildman–Crippen LogP) is 5.72. The lowest BCUT2D eigenvalue weighted by Gasteiger charge is -2.36. The lowest BCUT2D eigenvalue weighted by molar-refractivity contribution is -0.134. The Balaban J connectivity index is 1.09. The van der Waals surface area contributed by atoms with E-state index in [1.807, 2.05) is 48.5 Å². The standard InChI is InChI=1S/C35H39ClN7O4P/c1-47-30-20-25(43-17-15-42(16-18-43)22-23-7-6-8-24(19-23)26-12-14-32(44)40-34(26)45)11-13-28(30)39-35-37-21-27(36)33(41-35)38-29-9-4-5-10-31(29)48(2,3)46/h4-11,13,19-21,26H,12,14-18,22H2,1-3H3,(H,40,44,45)(H2,37,38,39,41). The third kappa shape index (κ3) is 7.81. The molecule has 2 aliphatic rings. The Morgan fingerprint density at radius 2 is 1.77 bits per heavy atom. The highest BCUT2D eigenvalue weighted by atomic mass is 35.5. The second kappa shape index (κ2) is 14.4. The van der Waals surface area contributed by atoms with Crippen LogP contribution in [0.2, 0.25) is 5.02 Å². The molecule has 11 nitrogen and oxygen atoms in total. The number of carbonyl (C=O) groups excluding carboxylic acids is 2. The second-order valence-electron chi connectivity index (χ2n) is 12.4. The average Bonchev–Trinajstić information content (AvgIpc) is 3.07. The van der Waals surface area contributed by atoms with Gasteiger partial charge >= 0.3 is 0 Å². The number of hydrogen-bond donors (Lipinski definition) is 3. The fourth-order valence-corrected chi connectivity index (χ4v) is 7.43. The molecule has 250 valence electrons. The maximum Gasteiger partial charge on any atom is 0.234 e. The van der Waals surface area contributed by atoms with Crippen molar-refractivity contribution in [3.05, 3.63) is 89.1 Å². The minimum Gasteiger partial charge on any atom is -0.494 e. The molecule has 2 aliphatic heterocycles. The van der Waals surface area contributed by atoms with Crippen molar-refractivity contribution < 1.29 is 18.9 Å². The molecule has 3 N–H and O–H groups in total. The van der Waals surface area contributed by atoms with E-state index in [1.165, 1.54) is 6.20 Å². The molecule has 2 saturated heterocycles. The summed E-state index contributed by atoms with van der Waals surface area (Å²) < 4.78 is 18.6. The number of piperazine rings is 1. The van der Waals surface area contributed by atoms with Crippen LogP contribution < -0.4 is 30.9 Å². The maximum absolute atomic E-state index is 12.8. The van der Waals surface area contributed by atoms with Gasteiger partial charge in [-0.2, -0.15) is 4.98 Å². The number of nitrogens with zero attached hydrogens (tertiary/aromatic N) is 4. The molecule has 0 bridgehead atoms. The molecule has 1 aromatic heterocycles. The first kappa shape index (κ1) is 33.5. The molecule has 4 aromatic rings. The minimum absolute atomic E-state index is 0.197. The monoisotopic (exact) mass is 687 g/mol. The Kier molecular flexibility index (Phi) is 10.0. The van der Waals surface area contributed by atoms with Gasteiger partial charge in [-0.1, -0.05) is 48.0 Å². The zero-order valence-corrected chi connectivity index (χ0v) is 28.9. The second-order valence-corrected chi connectivity index (χ2v) is 16.0. The summed E-state index contributed by atoms with van der Waals surface area (Å²) in [7, 11) is -0.910. The Hall–Kier alpha value is -4.44. The van der Waals surface area contributed by atoms with Crippen LogP contribution in [0.15, 0.2) is 72.9 Å². The van der Waals surface area contributed by atoms with Crippen LogP contribution in [0.5, 0.6) is 5.75 Å². The molecule has 0 spiro atoms. The molecular formula is C35H39ClN7O4P. The summed E-state index contributed by atoms with van der Waals surface area (Å²) in [6.45, 7) is 7.71. The van der Waals surface area contributed by atoms with Crippen LogP contribution in [0.4, 0.5) is 28.8 Å². The summed E-state index contributed by atoms with van der Waals surface area (Å²) in [5.74, 6) is 0.689. The number of ether oxygens (including phenoxy) is 1. The molecule has 0 saturated carbocycles. The Labute approximate surface area is 285 Å². The number of hydrogen-bond acceptors (Lipinski definition) is 10. The number of methoxy groups -OCH3 is 1. The van der Waals surface area contributed by atoms with Crippen LogP contribution in [0, 0.1) is 0 Å². The summed E-state index contributed by atoms with van der Waals surface area (Å²) in [6, 6.07) is 21.6. The topological polar surface area (TPSA) is 129 Å². The molecule has 3 aromatic carbocycles. The van der Waals surface area contributed by atoms with E-state index in [0.29, 0.717) is 52.1 Å². The summed E-state index contributed by atoms with van der Waals surface area (Å²) in [4.78, 5) is 37.7. The zero-order chi connectivity index (χ0) is 33.8. The van der Waals surface area contributed by atoms with Gasteiger partial charge in [-0.3, -0.25) is 19.8 Å². The van der Waals surface area contributed by atoms with E-state index >= 15 is 0 Å². The summed E-state index contributed by atoms with van der Waals surface area (Å²) in [5, 5.41) is 9.99. The van der Waals surface area contributed by atoms with Gasteiger partial charge < -0.3 is 24.8 Å².